The van der Waals surface area contributed by atoms with Gasteiger partial charge in [-0.25, -0.2) is 0 Å². The van der Waals surface area contributed by atoms with Crippen molar-refractivity contribution in [3.8, 4) is 6.07 Å². The first-order chi connectivity index (χ1) is 8.79. The van der Waals surface area contributed by atoms with Crippen LogP contribution in [-0.4, -0.2) is 0 Å². The molecule has 0 amide bonds. The minimum Gasteiger partial charge on any atom is -0.398 e. The van der Waals surface area contributed by atoms with Crippen LogP contribution >= 0.6 is 11.8 Å². The molecule has 2 aromatic carbocycles. The van der Waals surface area contributed by atoms with E-state index in [1.54, 1.807) is 11.8 Å². The molecule has 0 aliphatic heterocycles. The number of hydrogen-bond acceptors (Lipinski definition) is 3. The zero-order valence-electron chi connectivity index (χ0n) is 9.97. The molecule has 0 fully saturated rings. The zero-order valence-corrected chi connectivity index (χ0v) is 10.8. The van der Waals surface area contributed by atoms with Crippen LogP contribution in [0.25, 0.3) is 0 Å². The highest BCUT2D eigenvalue weighted by molar-refractivity contribution is 7.98. The molecule has 0 unspecified atom stereocenters. The topological polar surface area (TPSA) is 49.8 Å². The Labute approximate surface area is 111 Å². The lowest BCUT2D eigenvalue weighted by Crippen LogP contribution is -1.93. The highest BCUT2D eigenvalue weighted by Gasteiger charge is 2.02. The summed E-state index contributed by atoms with van der Waals surface area (Å²) in [5, 5.41) is 8.73. The van der Waals surface area contributed by atoms with Gasteiger partial charge in [-0.2, -0.15) is 5.26 Å². The standard InChI is InChI=1S/C15H14N2S/c16-9-8-13-10-14(6-7-15(13)17)18-11-12-4-2-1-3-5-12/h1-7,10H,8,11,17H2. The lowest BCUT2D eigenvalue weighted by atomic mass is 10.1. The SMILES string of the molecule is N#CCc1cc(SCc2ccccc2)ccc1N. The van der Waals surface area contributed by atoms with Crippen LogP contribution in [-0.2, 0) is 12.2 Å². The van der Waals surface area contributed by atoms with Crippen molar-refractivity contribution in [3.63, 3.8) is 0 Å². The molecule has 0 aromatic heterocycles. The van der Waals surface area contributed by atoms with E-state index in [2.05, 4.69) is 18.2 Å². The molecule has 0 atom stereocenters. The van der Waals surface area contributed by atoms with E-state index in [0.717, 1.165) is 16.2 Å². The van der Waals surface area contributed by atoms with E-state index in [-0.39, 0.29) is 0 Å². The molecule has 2 aromatic rings. The maximum atomic E-state index is 8.73. The van der Waals surface area contributed by atoms with Gasteiger partial charge < -0.3 is 5.73 Å². The normalized spacial score (nSPS) is 9.94. The van der Waals surface area contributed by atoms with Gasteiger partial charge in [0.25, 0.3) is 0 Å². The van der Waals surface area contributed by atoms with Crippen LogP contribution in [0, 0.1) is 11.3 Å². The summed E-state index contributed by atoms with van der Waals surface area (Å²) in [7, 11) is 0. The number of nitrogens with two attached hydrogens (primary N) is 1. The summed E-state index contributed by atoms with van der Waals surface area (Å²) < 4.78 is 0. The van der Waals surface area contributed by atoms with Crippen molar-refractivity contribution in [3.05, 3.63) is 59.7 Å². The van der Waals surface area contributed by atoms with Crippen molar-refractivity contribution < 1.29 is 0 Å². The average Bonchev–Trinajstić information content (AvgIpc) is 2.41. The smallest absolute Gasteiger partial charge is 0.0670 e. The maximum absolute atomic E-state index is 8.73. The van der Waals surface area contributed by atoms with Crippen molar-refractivity contribution in [1.29, 1.82) is 5.26 Å². The van der Waals surface area contributed by atoms with Gasteiger partial charge in [0.15, 0.2) is 0 Å². The summed E-state index contributed by atoms with van der Waals surface area (Å²) in [6.45, 7) is 0. The molecular formula is C15H14N2S. The molecule has 0 saturated carbocycles. The fourth-order valence-corrected chi connectivity index (χ4v) is 2.57. The van der Waals surface area contributed by atoms with E-state index in [1.807, 2.05) is 36.4 Å². The van der Waals surface area contributed by atoms with Crippen LogP contribution in [0.15, 0.2) is 53.4 Å². The Kier molecular flexibility index (Phi) is 4.27. The Morgan fingerprint density at radius 1 is 1.11 bits per heavy atom. The summed E-state index contributed by atoms with van der Waals surface area (Å²) >= 11 is 1.76. The molecule has 0 heterocycles. The van der Waals surface area contributed by atoms with Crippen molar-refractivity contribution >= 4 is 17.4 Å². The van der Waals surface area contributed by atoms with Crippen molar-refractivity contribution in [2.24, 2.45) is 0 Å². The predicted octanol–water partition coefficient (Wildman–Crippen LogP) is 3.63. The summed E-state index contributed by atoms with van der Waals surface area (Å²) in [5.74, 6) is 0.927. The number of anilines is 1. The van der Waals surface area contributed by atoms with Crippen molar-refractivity contribution in [2.75, 3.05) is 5.73 Å². The zero-order chi connectivity index (χ0) is 12.8. The molecule has 0 aliphatic carbocycles. The molecule has 0 aliphatic rings. The second-order valence-electron chi connectivity index (χ2n) is 3.97. The highest BCUT2D eigenvalue weighted by Crippen LogP contribution is 2.26. The van der Waals surface area contributed by atoms with Gasteiger partial charge in [-0.3, -0.25) is 0 Å². The van der Waals surface area contributed by atoms with Crippen LogP contribution in [0.1, 0.15) is 11.1 Å². The first-order valence-electron chi connectivity index (χ1n) is 5.71. The first kappa shape index (κ1) is 12.5. The number of nitrogen functional groups attached to an aromatic ring is 1. The third-order valence-electron chi connectivity index (χ3n) is 2.63. The van der Waals surface area contributed by atoms with Crippen LogP contribution in [0.3, 0.4) is 0 Å². The Balaban J connectivity index is 2.06. The third-order valence-corrected chi connectivity index (χ3v) is 3.70. The Bertz CT molecular complexity index is 558. The molecule has 0 radical (unpaired) electrons. The minimum absolute atomic E-state index is 0.367. The molecule has 18 heavy (non-hydrogen) atoms. The van der Waals surface area contributed by atoms with Crippen LogP contribution < -0.4 is 5.73 Å². The summed E-state index contributed by atoms with van der Waals surface area (Å²) in [6, 6.07) is 18.3. The van der Waals surface area contributed by atoms with Gasteiger partial charge >= 0.3 is 0 Å². The molecular weight excluding hydrogens is 240 g/mol. The van der Waals surface area contributed by atoms with E-state index in [1.165, 1.54) is 5.56 Å². The third kappa shape index (κ3) is 3.28. The number of nitrogens with zero attached hydrogens (tertiary/aromatic N) is 1. The summed E-state index contributed by atoms with van der Waals surface area (Å²) in [6.07, 6.45) is 0.367. The Hall–Kier alpha value is -1.92. The van der Waals surface area contributed by atoms with Crippen molar-refractivity contribution in [2.45, 2.75) is 17.1 Å². The number of rotatable bonds is 4. The van der Waals surface area contributed by atoms with Gasteiger partial charge in [-0.15, -0.1) is 11.8 Å². The Morgan fingerprint density at radius 2 is 1.89 bits per heavy atom. The van der Waals surface area contributed by atoms with Gasteiger partial charge in [0, 0.05) is 16.3 Å². The number of nitriles is 1. The first-order valence-corrected chi connectivity index (χ1v) is 6.70. The van der Waals surface area contributed by atoms with E-state index >= 15 is 0 Å². The fourth-order valence-electron chi connectivity index (χ4n) is 1.65. The summed E-state index contributed by atoms with van der Waals surface area (Å²) in [5.41, 5.74) is 8.72. The van der Waals surface area contributed by atoms with E-state index in [0.29, 0.717) is 12.1 Å². The second kappa shape index (κ2) is 6.13. The summed E-state index contributed by atoms with van der Waals surface area (Å²) in [4.78, 5) is 1.15. The second-order valence-corrected chi connectivity index (χ2v) is 5.02. The van der Waals surface area contributed by atoms with Crippen LogP contribution in [0.2, 0.25) is 0 Å². The molecule has 2 rings (SSSR count). The van der Waals surface area contributed by atoms with E-state index in [9.17, 15) is 0 Å². The molecule has 3 heteroatoms. The lowest BCUT2D eigenvalue weighted by Gasteiger charge is -2.06. The maximum Gasteiger partial charge on any atom is 0.0670 e. The van der Waals surface area contributed by atoms with Gasteiger partial charge in [-0.05, 0) is 29.3 Å². The molecule has 2 N–H and O–H groups in total. The molecule has 0 spiro atoms. The Morgan fingerprint density at radius 3 is 2.61 bits per heavy atom. The molecule has 2 nitrogen and oxygen atoms in total. The quantitative estimate of drug-likeness (QED) is 0.669. The van der Waals surface area contributed by atoms with Crippen LogP contribution in [0.4, 0.5) is 5.69 Å². The van der Waals surface area contributed by atoms with Gasteiger partial charge in [0.2, 0.25) is 0 Å². The average molecular weight is 254 g/mol. The lowest BCUT2D eigenvalue weighted by molar-refractivity contribution is 1.23. The van der Waals surface area contributed by atoms with Crippen molar-refractivity contribution in [1.82, 2.24) is 0 Å². The fraction of sp³-hybridized carbons (Fsp3) is 0.133. The number of hydrogen-bond donors (Lipinski definition) is 1. The van der Waals surface area contributed by atoms with E-state index in [4.69, 9.17) is 11.0 Å². The number of benzene rings is 2. The van der Waals surface area contributed by atoms with Gasteiger partial charge in [0.05, 0.1) is 12.5 Å². The van der Waals surface area contributed by atoms with Gasteiger partial charge in [-0.1, -0.05) is 30.3 Å². The molecule has 90 valence electrons. The number of thioether (sulfide) groups is 1. The molecule has 0 bridgehead atoms. The van der Waals surface area contributed by atoms with Gasteiger partial charge in [0.1, 0.15) is 0 Å². The predicted molar refractivity (Wildman–Crippen MR) is 76.2 cm³/mol. The largest absolute Gasteiger partial charge is 0.398 e. The minimum atomic E-state index is 0.367. The van der Waals surface area contributed by atoms with E-state index < -0.39 is 0 Å². The monoisotopic (exact) mass is 254 g/mol. The van der Waals surface area contributed by atoms with Crippen LogP contribution in [0.5, 0.6) is 0 Å². The molecule has 0 saturated heterocycles. The highest BCUT2D eigenvalue weighted by atomic mass is 32.2.